The maximum Gasteiger partial charge on any atom is 0.0891 e. The lowest BCUT2D eigenvalue weighted by atomic mass is 10.2. The number of thiocarbonyl (C=S) groups is 2. The average molecular weight is 205 g/mol. The molecule has 0 unspecified atom stereocenters. The molecule has 0 aliphatic carbocycles. The molecule has 0 radical (unpaired) electrons. The van der Waals surface area contributed by atoms with Crippen molar-refractivity contribution >= 4 is 34.3 Å². The molecule has 0 aromatic carbocycles. The molecule has 0 bridgehead atoms. The predicted molar refractivity (Wildman–Crippen MR) is 60.5 cm³/mol. The van der Waals surface area contributed by atoms with Gasteiger partial charge in [0, 0.05) is 24.5 Å². The van der Waals surface area contributed by atoms with Crippen LogP contribution in [-0.4, -0.2) is 29.5 Å². The van der Waals surface area contributed by atoms with E-state index in [1.807, 2.05) is 0 Å². The molecule has 3 nitrogen and oxygen atoms in total. The van der Waals surface area contributed by atoms with Gasteiger partial charge in [0.2, 0.25) is 0 Å². The van der Waals surface area contributed by atoms with Crippen molar-refractivity contribution in [3.05, 3.63) is 0 Å². The Bertz CT molecular complexity index is 141. The van der Waals surface area contributed by atoms with E-state index < -0.39 is 0 Å². The molecule has 0 saturated carbocycles. The Hall–Kier alpha value is -0.100. The maximum absolute atomic E-state index is 5.33. The van der Waals surface area contributed by atoms with E-state index in [0.29, 0.717) is 18.1 Å². The number of hydrogen-bond acceptors (Lipinski definition) is 4. The molecule has 0 aromatic heterocycles. The summed E-state index contributed by atoms with van der Waals surface area (Å²) >= 11 is 9.82. The van der Waals surface area contributed by atoms with Gasteiger partial charge in [0.15, 0.2) is 0 Å². The zero-order valence-corrected chi connectivity index (χ0v) is 8.64. The fourth-order valence-corrected chi connectivity index (χ4v) is 0.934. The van der Waals surface area contributed by atoms with E-state index in [4.69, 9.17) is 35.9 Å². The van der Waals surface area contributed by atoms with Gasteiger partial charge in [-0.15, -0.1) is 0 Å². The van der Waals surface area contributed by atoms with Crippen LogP contribution in [0.25, 0.3) is 0 Å². The van der Waals surface area contributed by atoms with Gasteiger partial charge < -0.3 is 16.8 Å². The molecule has 0 saturated heterocycles. The predicted octanol–water partition coefficient (Wildman–Crippen LogP) is -0.0291. The zero-order valence-electron chi connectivity index (χ0n) is 7.01. The summed E-state index contributed by atoms with van der Waals surface area (Å²) < 4.78 is 0. The third-order valence-corrected chi connectivity index (χ3v) is 2.05. The van der Waals surface area contributed by atoms with Crippen molar-refractivity contribution in [3.63, 3.8) is 0 Å². The van der Waals surface area contributed by atoms with E-state index in [9.17, 15) is 0 Å². The molecular formula is C7H15N3S2. The normalized spacial score (nSPS) is 9.50. The van der Waals surface area contributed by atoms with Crippen LogP contribution in [0.5, 0.6) is 0 Å². The molecule has 5 heteroatoms. The van der Waals surface area contributed by atoms with Gasteiger partial charge in [0.1, 0.15) is 0 Å². The second-order valence-electron chi connectivity index (χ2n) is 2.40. The van der Waals surface area contributed by atoms with Crippen LogP contribution < -0.4 is 16.8 Å². The fraction of sp³-hybridized carbons (Fsp3) is 0.714. The van der Waals surface area contributed by atoms with E-state index in [2.05, 4.69) is 5.32 Å². The van der Waals surface area contributed by atoms with E-state index >= 15 is 0 Å². The quantitative estimate of drug-likeness (QED) is 0.420. The monoisotopic (exact) mass is 205 g/mol. The maximum atomic E-state index is 5.33. The van der Waals surface area contributed by atoms with E-state index in [1.54, 1.807) is 0 Å². The summed E-state index contributed by atoms with van der Waals surface area (Å²) in [5, 5.41) is 3.02. The number of rotatable bonds is 6. The highest BCUT2D eigenvalue weighted by Crippen LogP contribution is 1.90. The first-order valence-electron chi connectivity index (χ1n) is 3.89. The minimum absolute atomic E-state index is 0.413. The standard InChI is InChI=1S/C7H15N3S2/c8-4-6(11)2-1-3-10-7(12)5-9/h1-5,8-9H2,(H,10,12). The molecule has 12 heavy (non-hydrogen) atoms. The summed E-state index contributed by atoms with van der Waals surface area (Å²) in [5.74, 6) is 0. The number of nitrogens with one attached hydrogen (secondary N) is 1. The van der Waals surface area contributed by atoms with Crippen molar-refractivity contribution in [1.29, 1.82) is 0 Å². The average Bonchev–Trinajstić information content (AvgIpc) is 2.11. The Kier molecular flexibility index (Phi) is 7.48. The lowest BCUT2D eigenvalue weighted by Gasteiger charge is -2.04. The summed E-state index contributed by atoms with van der Waals surface area (Å²) in [5.41, 5.74) is 10.6. The summed E-state index contributed by atoms with van der Waals surface area (Å²) in [6.45, 7) is 1.74. The lowest BCUT2D eigenvalue weighted by molar-refractivity contribution is 0.804. The van der Waals surface area contributed by atoms with Crippen LogP contribution in [0.1, 0.15) is 12.8 Å². The summed E-state index contributed by atoms with van der Waals surface area (Å²) in [6, 6.07) is 0. The molecule has 0 rings (SSSR count). The Labute approximate surface area is 83.9 Å². The van der Waals surface area contributed by atoms with Crippen molar-refractivity contribution < 1.29 is 0 Å². The molecule has 0 heterocycles. The molecule has 0 aromatic rings. The first-order valence-corrected chi connectivity index (χ1v) is 4.71. The Balaban J connectivity index is 3.21. The van der Waals surface area contributed by atoms with Gasteiger partial charge in [0.05, 0.1) is 4.99 Å². The van der Waals surface area contributed by atoms with E-state index in [-0.39, 0.29) is 0 Å². The highest BCUT2D eigenvalue weighted by molar-refractivity contribution is 7.80. The fourth-order valence-electron chi connectivity index (χ4n) is 0.688. The SMILES string of the molecule is NCC(=S)CCCNC(=S)CN. The van der Waals surface area contributed by atoms with Crippen molar-refractivity contribution in [2.24, 2.45) is 11.5 Å². The Morgan fingerprint density at radius 2 is 1.83 bits per heavy atom. The van der Waals surface area contributed by atoms with Gasteiger partial charge >= 0.3 is 0 Å². The van der Waals surface area contributed by atoms with Crippen LogP contribution in [0.15, 0.2) is 0 Å². The van der Waals surface area contributed by atoms with Crippen LogP contribution in [0.2, 0.25) is 0 Å². The molecule has 5 N–H and O–H groups in total. The highest BCUT2D eigenvalue weighted by Gasteiger charge is 1.94. The van der Waals surface area contributed by atoms with Gasteiger partial charge in [-0.2, -0.15) is 0 Å². The van der Waals surface area contributed by atoms with Crippen LogP contribution >= 0.6 is 24.4 Å². The van der Waals surface area contributed by atoms with Crippen molar-refractivity contribution in [2.75, 3.05) is 19.6 Å². The minimum Gasteiger partial charge on any atom is -0.379 e. The molecule has 0 aliphatic rings. The van der Waals surface area contributed by atoms with Crippen LogP contribution in [0.3, 0.4) is 0 Å². The van der Waals surface area contributed by atoms with Crippen LogP contribution in [-0.2, 0) is 0 Å². The summed E-state index contributed by atoms with van der Waals surface area (Å²) in [7, 11) is 0. The molecule has 0 amide bonds. The van der Waals surface area contributed by atoms with Gasteiger partial charge in [0.25, 0.3) is 0 Å². The number of hydrogen-bond donors (Lipinski definition) is 3. The van der Waals surface area contributed by atoms with Crippen molar-refractivity contribution in [1.82, 2.24) is 5.32 Å². The first kappa shape index (κ1) is 11.9. The summed E-state index contributed by atoms with van der Waals surface area (Å²) in [6.07, 6.45) is 1.85. The number of nitrogens with two attached hydrogens (primary N) is 2. The Morgan fingerprint density at radius 3 is 2.33 bits per heavy atom. The van der Waals surface area contributed by atoms with Crippen molar-refractivity contribution in [2.45, 2.75) is 12.8 Å². The molecule has 0 aliphatic heterocycles. The van der Waals surface area contributed by atoms with Crippen molar-refractivity contribution in [3.8, 4) is 0 Å². The highest BCUT2D eigenvalue weighted by atomic mass is 32.1. The smallest absolute Gasteiger partial charge is 0.0891 e. The molecular weight excluding hydrogens is 190 g/mol. The third kappa shape index (κ3) is 6.60. The van der Waals surface area contributed by atoms with Gasteiger partial charge in [-0.1, -0.05) is 24.4 Å². The largest absolute Gasteiger partial charge is 0.379 e. The first-order chi connectivity index (χ1) is 5.70. The molecule has 0 atom stereocenters. The second kappa shape index (κ2) is 7.54. The molecule has 0 spiro atoms. The Morgan fingerprint density at radius 1 is 1.17 bits per heavy atom. The molecule has 0 fully saturated rings. The second-order valence-corrected chi connectivity index (χ2v) is 3.47. The van der Waals surface area contributed by atoms with E-state index in [1.165, 1.54) is 0 Å². The van der Waals surface area contributed by atoms with Crippen LogP contribution in [0.4, 0.5) is 0 Å². The lowest BCUT2D eigenvalue weighted by Crippen LogP contribution is -2.29. The van der Waals surface area contributed by atoms with Gasteiger partial charge in [-0.05, 0) is 12.8 Å². The third-order valence-electron chi connectivity index (χ3n) is 1.37. The minimum atomic E-state index is 0.413. The van der Waals surface area contributed by atoms with Gasteiger partial charge in [-0.3, -0.25) is 0 Å². The van der Waals surface area contributed by atoms with Gasteiger partial charge in [-0.25, -0.2) is 0 Å². The molecule has 70 valence electrons. The summed E-state index contributed by atoms with van der Waals surface area (Å²) in [4.78, 5) is 1.61. The topological polar surface area (TPSA) is 64.1 Å². The van der Waals surface area contributed by atoms with Crippen LogP contribution in [0, 0.1) is 0 Å². The zero-order chi connectivity index (χ0) is 9.40. The van der Waals surface area contributed by atoms with E-state index in [0.717, 1.165) is 24.3 Å².